The van der Waals surface area contributed by atoms with E-state index in [1.165, 1.54) is 36.3 Å². The molecule has 2 rings (SSSR count). The summed E-state index contributed by atoms with van der Waals surface area (Å²) in [5.74, 6) is -0.490. The number of aryl methyl sites for hydroxylation is 1. The summed E-state index contributed by atoms with van der Waals surface area (Å²) >= 11 is 1.20. The molecule has 4 nitrogen and oxygen atoms in total. The number of hydrogen-bond donors (Lipinski definition) is 1. The van der Waals surface area contributed by atoms with E-state index in [1.807, 2.05) is 0 Å². The number of alkyl halides is 3. The lowest BCUT2D eigenvalue weighted by Gasteiger charge is -2.17. The Kier molecular flexibility index (Phi) is 5.82. The van der Waals surface area contributed by atoms with Gasteiger partial charge in [-0.3, -0.25) is 4.79 Å². The molecule has 1 aromatic heterocycles. The first-order valence-corrected chi connectivity index (χ1v) is 8.11. The van der Waals surface area contributed by atoms with Crippen molar-refractivity contribution >= 4 is 23.4 Å². The van der Waals surface area contributed by atoms with E-state index in [9.17, 15) is 18.0 Å². The third-order valence-corrected chi connectivity index (χ3v) is 4.49. The Morgan fingerprint density at radius 2 is 2.00 bits per heavy atom. The van der Waals surface area contributed by atoms with Crippen molar-refractivity contribution in [2.75, 3.05) is 5.32 Å². The fourth-order valence-corrected chi connectivity index (χ4v) is 2.99. The van der Waals surface area contributed by atoms with Crippen LogP contribution >= 0.6 is 11.8 Å². The average molecular weight is 355 g/mol. The molecular formula is C16H16F3N3OS. The molecule has 2 aromatic rings. The third-order valence-electron chi connectivity index (χ3n) is 3.20. The highest BCUT2D eigenvalue weighted by Gasteiger charge is 2.34. The summed E-state index contributed by atoms with van der Waals surface area (Å²) in [4.78, 5) is 20.4. The van der Waals surface area contributed by atoms with Gasteiger partial charge in [0.05, 0.1) is 16.5 Å². The Bertz CT molecular complexity index is 722. The molecule has 1 heterocycles. The minimum Gasteiger partial charge on any atom is -0.325 e. The van der Waals surface area contributed by atoms with Gasteiger partial charge in [-0.2, -0.15) is 13.2 Å². The Hall–Kier alpha value is -2.09. The number of amides is 1. The Morgan fingerprint density at radius 1 is 1.29 bits per heavy atom. The van der Waals surface area contributed by atoms with E-state index >= 15 is 0 Å². The maximum absolute atomic E-state index is 13.0. The largest absolute Gasteiger partial charge is 0.418 e. The summed E-state index contributed by atoms with van der Waals surface area (Å²) in [7, 11) is 0. The summed E-state index contributed by atoms with van der Waals surface area (Å²) < 4.78 is 39.0. The fourth-order valence-electron chi connectivity index (χ4n) is 2.02. The van der Waals surface area contributed by atoms with Crippen LogP contribution < -0.4 is 5.32 Å². The van der Waals surface area contributed by atoms with E-state index in [1.54, 1.807) is 19.9 Å². The van der Waals surface area contributed by atoms with E-state index in [0.29, 0.717) is 11.4 Å². The maximum Gasteiger partial charge on any atom is 0.418 e. The maximum atomic E-state index is 13.0. The number of hydrogen-bond acceptors (Lipinski definition) is 4. The molecule has 1 unspecified atom stereocenters. The van der Waals surface area contributed by atoms with Crippen molar-refractivity contribution in [2.45, 2.75) is 36.7 Å². The van der Waals surface area contributed by atoms with E-state index in [4.69, 9.17) is 0 Å². The number of para-hydroxylation sites is 1. The zero-order chi connectivity index (χ0) is 17.7. The third kappa shape index (κ3) is 4.70. The Morgan fingerprint density at radius 3 is 2.62 bits per heavy atom. The average Bonchev–Trinajstić information content (AvgIpc) is 2.52. The highest BCUT2D eigenvalue weighted by Crippen LogP contribution is 2.35. The highest BCUT2D eigenvalue weighted by molar-refractivity contribution is 8.00. The first kappa shape index (κ1) is 18.3. The van der Waals surface area contributed by atoms with Gasteiger partial charge >= 0.3 is 6.18 Å². The second-order valence-corrected chi connectivity index (χ2v) is 6.27. The van der Waals surface area contributed by atoms with E-state index < -0.39 is 22.9 Å². The van der Waals surface area contributed by atoms with Crippen LogP contribution in [-0.4, -0.2) is 21.1 Å². The molecule has 128 valence electrons. The summed E-state index contributed by atoms with van der Waals surface area (Å²) in [6.07, 6.45) is -2.68. The molecule has 0 saturated carbocycles. The predicted octanol–water partition coefficient (Wildman–Crippen LogP) is 4.31. The van der Waals surface area contributed by atoms with Gasteiger partial charge in [-0.05, 0) is 31.5 Å². The number of thioether (sulfide) groups is 1. The van der Waals surface area contributed by atoms with Crippen LogP contribution in [-0.2, 0) is 11.0 Å². The quantitative estimate of drug-likeness (QED) is 0.641. The molecule has 1 N–H and O–H groups in total. The number of nitrogens with one attached hydrogen (secondary N) is 1. The molecule has 1 amide bonds. The van der Waals surface area contributed by atoms with Crippen LogP contribution in [0.3, 0.4) is 0 Å². The molecule has 0 spiro atoms. The Balaban J connectivity index is 2.16. The zero-order valence-corrected chi connectivity index (χ0v) is 13.9. The number of carbonyl (C=O) groups is 1. The van der Waals surface area contributed by atoms with Crippen molar-refractivity contribution in [3.8, 4) is 0 Å². The van der Waals surface area contributed by atoms with Gasteiger partial charge in [-0.1, -0.05) is 30.8 Å². The number of rotatable bonds is 5. The van der Waals surface area contributed by atoms with Gasteiger partial charge in [0.2, 0.25) is 5.91 Å². The van der Waals surface area contributed by atoms with Gasteiger partial charge in [0.25, 0.3) is 0 Å². The molecule has 0 aliphatic heterocycles. The monoisotopic (exact) mass is 355 g/mol. The first-order valence-electron chi connectivity index (χ1n) is 7.23. The molecule has 24 heavy (non-hydrogen) atoms. The van der Waals surface area contributed by atoms with Gasteiger partial charge in [0.1, 0.15) is 11.4 Å². The molecule has 0 fully saturated rings. The second-order valence-electron chi connectivity index (χ2n) is 5.04. The van der Waals surface area contributed by atoms with Crippen molar-refractivity contribution < 1.29 is 18.0 Å². The van der Waals surface area contributed by atoms with Crippen LogP contribution in [0.2, 0.25) is 0 Å². The summed E-state index contributed by atoms with van der Waals surface area (Å²) in [5.41, 5.74) is -0.353. The molecule has 1 atom stereocenters. The van der Waals surface area contributed by atoms with Gasteiger partial charge < -0.3 is 5.32 Å². The molecule has 8 heteroatoms. The number of benzene rings is 1. The fraction of sp³-hybridized carbons (Fsp3) is 0.312. The van der Waals surface area contributed by atoms with Crippen LogP contribution in [0.5, 0.6) is 0 Å². The number of carbonyl (C=O) groups excluding carboxylic acids is 1. The van der Waals surface area contributed by atoms with E-state index in [2.05, 4.69) is 15.3 Å². The molecule has 0 radical (unpaired) electrons. The first-order chi connectivity index (χ1) is 11.3. The van der Waals surface area contributed by atoms with Crippen LogP contribution in [0.1, 0.15) is 24.6 Å². The smallest absolute Gasteiger partial charge is 0.325 e. The van der Waals surface area contributed by atoms with Crippen molar-refractivity contribution in [1.29, 1.82) is 0 Å². The van der Waals surface area contributed by atoms with Crippen LogP contribution in [0.4, 0.5) is 18.9 Å². The lowest BCUT2D eigenvalue weighted by molar-refractivity contribution is -0.137. The summed E-state index contributed by atoms with van der Waals surface area (Å²) in [5, 5.41) is 2.43. The SMILES string of the molecule is CCC(Sc1cc(C)ncn1)C(=O)Nc1ccccc1C(F)(F)F. The van der Waals surface area contributed by atoms with Gasteiger partial charge in [-0.25, -0.2) is 9.97 Å². The van der Waals surface area contributed by atoms with Crippen molar-refractivity contribution in [1.82, 2.24) is 9.97 Å². The second kappa shape index (κ2) is 7.65. The Labute approximate surface area is 141 Å². The van der Waals surface area contributed by atoms with E-state index in [-0.39, 0.29) is 5.69 Å². The molecule has 0 bridgehead atoms. The summed E-state index contributed by atoms with van der Waals surface area (Å²) in [6.45, 7) is 3.59. The van der Waals surface area contributed by atoms with Crippen molar-refractivity contribution in [2.24, 2.45) is 0 Å². The van der Waals surface area contributed by atoms with Gasteiger partial charge in [0, 0.05) is 5.69 Å². The number of anilines is 1. The lowest BCUT2D eigenvalue weighted by atomic mass is 10.1. The number of aromatic nitrogens is 2. The van der Waals surface area contributed by atoms with Crippen molar-refractivity contribution in [3.63, 3.8) is 0 Å². The predicted molar refractivity (Wildman–Crippen MR) is 86.8 cm³/mol. The van der Waals surface area contributed by atoms with Crippen LogP contribution in [0.25, 0.3) is 0 Å². The number of nitrogens with zero attached hydrogens (tertiary/aromatic N) is 2. The summed E-state index contributed by atoms with van der Waals surface area (Å²) in [6, 6.07) is 6.65. The number of halogens is 3. The van der Waals surface area contributed by atoms with Crippen molar-refractivity contribution in [3.05, 3.63) is 47.9 Å². The molecule has 0 aliphatic rings. The standard InChI is InChI=1S/C16H16F3N3OS/c1-3-13(24-14-8-10(2)20-9-21-14)15(23)22-12-7-5-4-6-11(12)16(17,18)19/h4-9,13H,3H2,1-2H3,(H,22,23). The van der Waals surface area contributed by atoms with E-state index in [0.717, 1.165) is 11.8 Å². The topological polar surface area (TPSA) is 54.9 Å². The molecule has 0 aliphatic carbocycles. The highest BCUT2D eigenvalue weighted by atomic mass is 32.2. The molecule has 0 saturated heterocycles. The minimum absolute atomic E-state index is 0.243. The normalized spacial score (nSPS) is 12.7. The molecular weight excluding hydrogens is 339 g/mol. The molecule has 1 aromatic carbocycles. The van der Waals surface area contributed by atoms with Crippen LogP contribution in [0.15, 0.2) is 41.7 Å². The zero-order valence-electron chi connectivity index (χ0n) is 13.1. The van der Waals surface area contributed by atoms with Gasteiger partial charge in [0.15, 0.2) is 0 Å². The lowest BCUT2D eigenvalue weighted by Crippen LogP contribution is -2.26. The minimum atomic E-state index is -4.53. The van der Waals surface area contributed by atoms with Gasteiger partial charge in [-0.15, -0.1) is 0 Å². The van der Waals surface area contributed by atoms with Crippen LogP contribution in [0, 0.1) is 6.92 Å².